The van der Waals surface area contributed by atoms with Crippen LogP contribution in [0.15, 0.2) is 12.3 Å². The van der Waals surface area contributed by atoms with Gasteiger partial charge in [0.05, 0.1) is 0 Å². The minimum absolute atomic E-state index is 0.780. The summed E-state index contributed by atoms with van der Waals surface area (Å²) in [6.07, 6.45) is 11.3. The standard InChI is InChI=1S/C11H21N/c1-3-4-5-6-9-12-10-7-8-11(12)2/h6,9,11H,3-5,7-8,10H2,1-2H3/b9-6+/t11-/m1/s1. The molecule has 0 unspecified atom stereocenters. The minimum atomic E-state index is 0.780. The summed E-state index contributed by atoms with van der Waals surface area (Å²) in [6, 6.07) is 0.780. The maximum absolute atomic E-state index is 2.47. The molecule has 0 spiro atoms. The molecule has 0 aromatic carbocycles. The van der Waals surface area contributed by atoms with Gasteiger partial charge in [-0.3, -0.25) is 0 Å². The lowest BCUT2D eigenvalue weighted by atomic mass is 10.2. The quantitative estimate of drug-likeness (QED) is 0.581. The van der Waals surface area contributed by atoms with Crippen LogP contribution in [0.1, 0.15) is 46.0 Å². The molecule has 0 amide bonds. The summed E-state index contributed by atoms with van der Waals surface area (Å²) in [5, 5.41) is 0. The fourth-order valence-electron chi connectivity index (χ4n) is 1.71. The van der Waals surface area contributed by atoms with Crippen LogP contribution < -0.4 is 0 Å². The van der Waals surface area contributed by atoms with Gasteiger partial charge in [0.2, 0.25) is 0 Å². The molecule has 0 radical (unpaired) electrons. The number of allylic oxidation sites excluding steroid dienone is 1. The first-order chi connectivity index (χ1) is 5.84. The number of unbranched alkanes of at least 4 members (excludes halogenated alkanes) is 2. The van der Waals surface area contributed by atoms with Crippen molar-refractivity contribution >= 4 is 0 Å². The second-order valence-corrected chi connectivity index (χ2v) is 3.76. The molecule has 1 nitrogen and oxygen atoms in total. The van der Waals surface area contributed by atoms with Crippen molar-refractivity contribution in [2.75, 3.05) is 6.54 Å². The summed E-state index contributed by atoms with van der Waals surface area (Å²) < 4.78 is 0. The molecule has 0 saturated carbocycles. The van der Waals surface area contributed by atoms with E-state index < -0.39 is 0 Å². The lowest BCUT2D eigenvalue weighted by Gasteiger charge is -2.18. The Labute approximate surface area is 76.5 Å². The van der Waals surface area contributed by atoms with Gasteiger partial charge in [-0.1, -0.05) is 25.8 Å². The molecule has 1 heterocycles. The molecule has 70 valence electrons. The third-order valence-electron chi connectivity index (χ3n) is 2.63. The van der Waals surface area contributed by atoms with Crippen LogP contribution in [-0.4, -0.2) is 17.5 Å². The third-order valence-corrected chi connectivity index (χ3v) is 2.63. The molecule has 12 heavy (non-hydrogen) atoms. The average molecular weight is 167 g/mol. The summed E-state index contributed by atoms with van der Waals surface area (Å²) in [7, 11) is 0. The molecule has 1 fully saturated rings. The topological polar surface area (TPSA) is 3.24 Å². The first kappa shape index (κ1) is 9.63. The van der Waals surface area contributed by atoms with Crippen LogP contribution in [0.2, 0.25) is 0 Å². The molecule has 0 bridgehead atoms. The lowest BCUT2D eigenvalue weighted by molar-refractivity contribution is 0.371. The van der Waals surface area contributed by atoms with Gasteiger partial charge in [0.15, 0.2) is 0 Å². The van der Waals surface area contributed by atoms with Crippen LogP contribution in [0.4, 0.5) is 0 Å². The molecule has 1 aliphatic rings. The van der Waals surface area contributed by atoms with E-state index in [-0.39, 0.29) is 0 Å². The van der Waals surface area contributed by atoms with Crippen molar-refractivity contribution in [2.45, 2.75) is 52.0 Å². The van der Waals surface area contributed by atoms with Gasteiger partial charge < -0.3 is 4.90 Å². The molecule has 1 rings (SSSR count). The van der Waals surface area contributed by atoms with Gasteiger partial charge in [0.1, 0.15) is 0 Å². The van der Waals surface area contributed by atoms with Gasteiger partial charge in [-0.05, 0) is 32.4 Å². The van der Waals surface area contributed by atoms with Crippen molar-refractivity contribution in [3.8, 4) is 0 Å². The SMILES string of the molecule is CCCC/C=C/N1CCC[C@H]1C. The highest BCUT2D eigenvalue weighted by Crippen LogP contribution is 2.16. The predicted molar refractivity (Wildman–Crippen MR) is 54.1 cm³/mol. The Hall–Kier alpha value is -0.460. The molecule has 0 aliphatic carbocycles. The first-order valence-electron chi connectivity index (χ1n) is 5.27. The van der Waals surface area contributed by atoms with E-state index in [0.29, 0.717) is 0 Å². The Morgan fingerprint density at radius 2 is 2.33 bits per heavy atom. The summed E-state index contributed by atoms with van der Waals surface area (Å²) in [6.45, 7) is 5.83. The zero-order valence-corrected chi connectivity index (χ0v) is 8.42. The number of likely N-dealkylation sites (tertiary alicyclic amines) is 1. The summed E-state index contributed by atoms with van der Waals surface area (Å²) >= 11 is 0. The largest absolute Gasteiger partial charge is 0.375 e. The summed E-state index contributed by atoms with van der Waals surface area (Å²) in [5.74, 6) is 0. The van der Waals surface area contributed by atoms with Gasteiger partial charge >= 0.3 is 0 Å². The van der Waals surface area contributed by atoms with Crippen molar-refractivity contribution in [3.63, 3.8) is 0 Å². The van der Waals surface area contributed by atoms with Crippen molar-refractivity contribution < 1.29 is 0 Å². The summed E-state index contributed by atoms with van der Waals surface area (Å²) in [5.41, 5.74) is 0. The Bertz CT molecular complexity index is 140. The Kier molecular flexibility index (Phi) is 4.20. The highest BCUT2D eigenvalue weighted by molar-refractivity contribution is 4.88. The fourth-order valence-corrected chi connectivity index (χ4v) is 1.71. The fraction of sp³-hybridized carbons (Fsp3) is 0.818. The normalized spacial score (nSPS) is 24.2. The first-order valence-corrected chi connectivity index (χ1v) is 5.27. The predicted octanol–water partition coefficient (Wildman–Crippen LogP) is 3.17. The van der Waals surface area contributed by atoms with Crippen LogP contribution in [0.5, 0.6) is 0 Å². The smallest absolute Gasteiger partial charge is 0.0256 e. The number of rotatable bonds is 4. The molecule has 0 N–H and O–H groups in total. The maximum atomic E-state index is 2.47. The average Bonchev–Trinajstić information content (AvgIpc) is 2.46. The highest BCUT2D eigenvalue weighted by Gasteiger charge is 2.15. The zero-order valence-electron chi connectivity index (χ0n) is 8.42. The van der Waals surface area contributed by atoms with E-state index in [9.17, 15) is 0 Å². The summed E-state index contributed by atoms with van der Waals surface area (Å²) in [4.78, 5) is 2.47. The van der Waals surface area contributed by atoms with Gasteiger partial charge in [0.25, 0.3) is 0 Å². The van der Waals surface area contributed by atoms with Gasteiger partial charge in [-0.2, -0.15) is 0 Å². The molecule has 1 saturated heterocycles. The highest BCUT2D eigenvalue weighted by atomic mass is 15.1. The van der Waals surface area contributed by atoms with Crippen LogP contribution >= 0.6 is 0 Å². The van der Waals surface area contributed by atoms with E-state index >= 15 is 0 Å². The van der Waals surface area contributed by atoms with E-state index in [0.717, 1.165) is 6.04 Å². The molecule has 1 atom stereocenters. The third kappa shape index (κ3) is 2.88. The van der Waals surface area contributed by atoms with Crippen LogP contribution in [0.25, 0.3) is 0 Å². The van der Waals surface area contributed by atoms with Gasteiger partial charge in [-0.15, -0.1) is 0 Å². The molecular formula is C11H21N. The number of hydrogen-bond donors (Lipinski definition) is 0. The number of hydrogen-bond acceptors (Lipinski definition) is 1. The molecule has 1 aliphatic heterocycles. The lowest BCUT2D eigenvalue weighted by Crippen LogP contribution is -2.19. The van der Waals surface area contributed by atoms with Crippen molar-refractivity contribution in [1.82, 2.24) is 4.90 Å². The van der Waals surface area contributed by atoms with Crippen molar-refractivity contribution in [1.29, 1.82) is 0 Å². The Morgan fingerprint density at radius 1 is 1.50 bits per heavy atom. The van der Waals surface area contributed by atoms with Crippen LogP contribution in [-0.2, 0) is 0 Å². The zero-order chi connectivity index (χ0) is 8.81. The second kappa shape index (κ2) is 5.23. The molecule has 0 aromatic rings. The van der Waals surface area contributed by atoms with E-state index in [1.807, 2.05) is 0 Å². The van der Waals surface area contributed by atoms with Crippen molar-refractivity contribution in [2.24, 2.45) is 0 Å². The van der Waals surface area contributed by atoms with E-state index in [2.05, 4.69) is 31.0 Å². The minimum Gasteiger partial charge on any atom is -0.375 e. The maximum Gasteiger partial charge on any atom is 0.0256 e. The Balaban J connectivity index is 2.16. The van der Waals surface area contributed by atoms with E-state index in [1.54, 1.807) is 0 Å². The van der Waals surface area contributed by atoms with Gasteiger partial charge in [0, 0.05) is 12.6 Å². The van der Waals surface area contributed by atoms with E-state index in [4.69, 9.17) is 0 Å². The van der Waals surface area contributed by atoms with Crippen LogP contribution in [0.3, 0.4) is 0 Å². The van der Waals surface area contributed by atoms with E-state index in [1.165, 1.54) is 38.6 Å². The van der Waals surface area contributed by atoms with Crippen LogP contribution in [0, 0.1) is 0 Å². The molecule has 0 aromatic heterocycles. The molecule has 1 heteroatoms. The van der Waals surface area contributed by atoms with Crippen molar-refractivity contribution in [3.05, 3.63) is 12.3 Å². The Morgan fingerprint density at radius 3 is 2.92 bits per heavy atom. The molecular weight excluding hydrogens is 146 g/mol. The number of nitrogens with zero attached hydrogens (tertiary/aromatic N) is 1. The monoisotopic (exact) mass is 167 g/mol. The van der Waals surface area contributed by atoms with Gasteiger partial charge in [-0.25, -0.2) is 0 Å². The second-order valence-electron chi connectivity index (χ2n) is 3.76.